The number of hydrogen-bond donors (Lipinski definition) is 2. The van der Waals surface area contributed by atoms with E-state index in [1.165, 1.54) is 11.6 Å². The summed E-state index contributed by atoms with van der Waals surface area (Å²) in [5.41, 5.74) is 2.94. The molecule has 2 N–H and O–H groups in total. The quantitative estimate of drug-likeness (QED) is 0.486. The topological polar surface area (TPSA) is 114 Å². The average Bonchev–Trinajstić information content (AvgIpc) is 3.25. The number of rotatable bonds is 5. The van der Waals surface area contributed by atoms with Crippen molar-refractivity contribution < 1.29 is 18.9 Å². The number of hydrogen-bond acceptors (Lipinski definition) is 5. The van der Waals surface area contributed by atoms with Gasteiger partial charge < -0.3 is 15.1 Å². The molecule has 4 rings (SSSR count). The molecule has 8 nitrogen and oxygen atoms in total. The molecule has 1 aromatic heterocycles. The van der Waals surface area contributed by atoms with E-state index < -0.39 is 16.7 Å². The maximum absolute atomic E-state index is 13.0. The standard InChI is InChI=1S/C22H19N3O5/c26-21(23-17-11-5-7-14-6-1-2-8-15(14)17)16-9-3-4-10-18(16)24-22(27)19-12-13-20(30-19)25(28)29/h1-4,6,8-10,12-13,17H,5,7,11H2,(H,23,26)(H,24,27). The van der Waals surface area contributed by atoms with E-state index in [0.717, 1.165) is 30.9 Å². The lowest BCUT2D eigenvalue weighted by Gasteiger charge is -2.26. The van der Waals surface area contributed by atoms with E-state index in [0.29, 0.717) is 11.3 Å². The number of carbonyl (C=O) groups is 2. The molecule has 30 heavy (non-hydrogen) atoms. The maximum atomic E-state index is 13.0. The molecule has 1 atom stereocenters. The summed E-state index contributed by atoms with van der Waals surface area (Å²) in [6, 6.07) is 16.9. The smallest absolute Gasteiger partial charge is 0.395 e. The first-order valence-electron chi connectivity index (χ1n) is 9.56. The molecule has 0 bridgehead atoms. The molecule has 3 aromatic rings. The lowest BCUT2D eigenvalue weighted by Crippen LogP contribution is -2.31. The highest BCUT2D eigenvalue weighted by atomic mass is 16.6. The second-order valence-corrected chi connectivity index (χ2v) is 7.01. The number of anilines is 1. The van der Waals surface area contributed by atoms with Gasteiger partial charge in [-0.05, 0) is 48.6 Å². The first-order chi connectivity index (χ1) is 14.5. The Morgan fingerprint density at radius 3 is 2.57 bits per heavy atom. The molecule has 0 saturated carbocycles. The van der Waals surface area contributed by atoms with Crippen LogP contribution in [0.4, 0.5) is 11.6 Å². The molecule has 1 aliphatic rings. The van der Waals surface area contributed by atoms with Gasteiger partial charge in [0.2, 0.25) is 0 Å². The first kappa shape index (κ1) is 19.4. The summed E-state index contributed by atoms with van der Waals surface area (Å²) in [5, 5.41) is 16.4. The summed E-state index contributed by atoms with van der Waals surface area (Å²) in [5.74, 6) is -1.72. The molecule has 152 valence electrons. The predicted molar refractivity (Wildman–Crippen MR) is 109 cm³/mol. The number of nitrogens with zero attached hydrogens (tertiary/aromatic N) is 1. The van der Waals surface area contributed by atoms with E-state index in [1.807, 2.05) is 18.2 Å². The molecule has 0 fully saturated rings. The third-order valence-electron chi connectivity index (χ3n) is 5.09. The Labute approximate surface area is 172 Å². The van der Waals surface area contributed by atoms with Gasteiger partial charge in [-0.3, -0.25) is 19.7 Å². The van der Waals surface area contributed by atoms with Crippen molar-refractivity contribution in [2.75, 3.05) is 5.32 Å². The van der Waals surface area contributed by atoms with Crippen molar-refractivity contribution in [3.63, 3.8) is 0 Å². The number of nitro groups is 1. The lowest BCUT2D eigenvalue weighted by molar-refractivity contribution is -0.402. The minimum absolute atomic E-state index is 0.0982. The Morgan fingerprint density at radius 1 is 1.00 bits per heavy atom. The monoisotopic (exact) mass is 405 g/mol. The average molecular weight is 405 g/mol. The third-order valence-corrected chi connectivity index (χ3v) is 5.09. The minimum Gasteiger partial charge on any atom is -0.395 e. The molecule has 0 spiro atoms. The van der Waals surface area contributed by atoms with Crippen LogP contribution in [0.2, 0.25) is 0 Å². The fraction of sp³-hybridized carbons (Fsp3) is 0.182. The fourth-order valence-electron chi connectivity index (χ4n) is 3.66. The van der Waals surface area contributed by atoms with E-state index in [-0.39, 0.29) is 17.7 Å². The van der Waals surface area contributed by atoms with Gasteiger partial charge in [0.25, 0.3) is 11.8 Å². The van der Waals surface area contributed by atoms with Crippen LogP contribution in [0.25, 0.3) is 0 Å². The van der Waals surface area contributed by atoms with E-state index in [4.69, 9.17) is 4.42 Å². The number of benzene rings is 2. The van der Waals surface area contributed by atoms with Crippen LogP contribution >= 0.6 is 0 Å². The molecule has 1 unspecified atom stereocenters. The van der Waals surface area contributed by atoms with Crippen molar-refractivity contribution >= 4 is 23.4 Å². The van der Waals surface area contributed by atoms with Gasteiger partial charge in [0.05, 0.1) is 23.4 Å². The molecule has 0 saturated heterocycles. The number of amides is 2. The van der Waals surface area contributed by atoms with Crippen LogP contribution in [0.1, 0.15) is 50.9 Å². The molecule has 1 aliphatic carbocycles. The highest BCUT2D eigenvalue weighted by molar-refractivity contribution is 6.08. The Kier molecular flexibility index (Phi) is 5.30. The highest BCUT2D eigenvalue weighted by Gasteiger charge is 2.24. The van der Waals surface area contributed by atoms with Gasteiger partial charge >= 0.3 is 5.88 Å². The summed E-state index contributed by atoms with van der Waals surface area (Å²) in [6.07, 6.45) is 2.81. The van der Waals surface area contributed by atoms with Crippen LogP contribution in [0, 0.1) is 10.1 Å². The van der Waals surface area contributed by atoms with Crippen molar-refractivity contribution in [1.82, 2.24) is 5.32 Å². The van der Waals surface area contributed by atoms with Gasteiger partial charge in [-0.1, -0.05) is 36.4 Å². The van der Waals surface area contributed by atoms with Crippen LogP contribution in [0.3, 0.4) is 0 Å². The second kappa shape index (κ2) is 8.20. The van der Waals surface area contributed by atoms with Gasteiger partial charge in [-0.25, -0.2) is 0 Å². The van der Waals surface area contributed by atoms with E-state index in [1.54, 1.807) is 24.3 Å². The van der Waals surface area contributed by atoms with Crippen LogP contribution in [-0.4, -0.2) is 16.7 Å². The van der Waals surface area contributed by atoms with Crippen molar-refractivity contribution in [3.8, 4) is 0 Å². The molecule has 1 heterocycles. The Hall–Kier alpha value is -3.94. The zero-order chi connectivity index (χ0) is 21.1. The van der Waals surface area contributed by atoms with Gasteiger partial charge in [-0.15, -0.1) is 0 Å². The van der Waals surface area contributed by atoms with E-state index in [9.17, 15) is 19.7 Å². The predicted octanol–water partition coefficient (Wildman–Crippen LogP) is 4.25. The number of nitrogens with one attached hydrogen (secondary N) is 2. The second-order valence-electron chi connectivity index (χ2n) is 7.01. The van der Waals surface area contributed by atoms with Gasteiger partial charge in [-0.2, -0.15) is 0 Å². The maximum Gasteiger partial charge on any atom is 0.433 e. The third kappa shape index (κ3) is 3.93. The normalized spacial score (nSPS) is 15.1. The minimum atomic E-state index is -0.722. The zero-order valence-electron chi connectivity index (χ0n) is 16.0. The Balaban J connectivity index is 1.52. The summed E-state index contributed by atoms with van der Waals surface area (Å²) in [7, 11) is 0. The van der Waals surface area contributed by atoms with Crippen LogP contribution in [-0.2, 0) is 6.42 Å². The molecular weight excluding hydrogens is 386 g/mol. The van der Waals surface area contributed by atoms with Crippen molar-refractivity contribution in [2.45, 2.75) is 25.3 Å². The number of carbonyl (C=O) groups excluding carboxylic acids is 2. The van der Waals surface area contributed by atoms with E-state index >= 15 is 0 Å². The zero-order valence-corrected chi connectivity index (χ0v) is 16.0. The molecule has 2 aromatic carbocycles. The summed E-state index contributed by atoms with van der Waals surface area (Å²) < 4.78 is 4.93. The number of para-hydroxylation sites is 1. The molecule has 2 amide bonds. The number of fused-ring (bicyclic) bond motifs is 1. The van der Waals surface area contributed by atoms with Gasteiger partial charge in [0, 0.05) is 0 Å². The first-order valence-corrected chi connectivity index (χ1v) is 9.56. The van der Waals surface area contributed by atoms with Crippen molar-refractivity contribution in [3.05, 3.63) is 93.2 Å². The van der Waals surface area contributed by atoms with Crippen molar-refractivity contribution in [2.24, 2.45) is 0 Å². The SMILES string of the molecule is O=C(Nc1ccccc1C(=O)NC1CCCc2ccccc21)c1ccc([N+](=O)[O-])o1. The molecule has 0 radical (unpaired) electrons. The van der Waals surface area contributed by atoms with Gasteiger partial charge in [0.1, 0.15) is 4.92 Å². The summed E-state index contributed by atoms with van der Waals surface area (Å²) in [4.78, 5) is 35.4. The van der Waals surface area contributed by atoms with E-state index in [2.05, 4.69) is 16.7 Å². The van der Waals surface area contributed by atoms with Crippen LogP contribution in [0.15, 0.2) is 65.1 Å². The summed E-state index contributed by atoms with van der Waals surface area (Å²) in [6.45, 7) is 0. The van der Waals surface area contributed by atoms with Crippen LogP contribution < -0.4 is 10.6 Å². The highest BCUT2D eigenvalue weighted by Crippen LogP contribution is 2.30. The van der Waals surface area contributed by atoms with Crippen molar-refractivity contribution in [1.29, 1.82) is 0 Å². The largest absolute Gasteiger partial charge is 0.433 e. The Bertz CT molecular complexity index is 1120. The Morgan fingerprint density at radius 2 is 1.77 bits per heavy atom. The fourth-order valence-corrected chi connectivity index (χ4v) is 3.66. The molecule has 8 heteroatoms. The lowest BCUT2D eigenvalue weighted by atomic mass is 9.87. The number of furan rings is 1. The van der Waals surface area contributed by atoms with Gasteiger partial charge in [0.15, 0.2) is 5.76 Å². The molecular formula is C22H19N3O5. The molecule has 0 aliphatic heterocycles. The number of aryl methyl sites for hydroxylation is 1. The summed E-state index contributed by atoms with van der Waals surface area (Å²) >= 11 is 0. The van der Waals surface area contributed by atoms with Crippen LogP contribution in [0.5, 0.6) is 0 Å².